The fourth-order valence-electron chi connectivity index (χ4n) is 1.62. The van der Waals surface area contributed by atoms with E-state index in [9.17, 15) is 14.3 Å². The highest BCUT2D eigenvalue weighted by molar-refractivity contribution is 7.53. The molecule has 0 aliphatic rings. The molecule has 0 heterocycles. The number of benzene rings is 1. The summed E-state index contributed by atoms with van der Waals surface area (Å²) >= 11 is 0. The summed E-state index contributed by atoms with van der Waals surface area (Å²) in [5, 5.41) is 0. The van der Waals surface area contributed by atoms with Crippen LogP contribution in [-0.4, -0.2) is 17.0 Å². The summed E-state index contributed by atoms with van der Waals surface area (Å²) in [6.07, 6.45) is 0.931. The van der Waals surface area contributed by atoms with Gasteiger partial charge in [0.25, 0.3) is 0 Å². The van der Waals surface area contributed by atoms with Gasteiger partial charge in [0.05, 0.1) is 6.16 Å². The molecule has 18 heavy (non-hydrogen) atoms. The van der Waals surface area contributed by atoms with Crippen molar-refractivity contribution in [2.75, 3.05) is 6.16 Å². The maximum Gasteiger partial charge on any atom is 0.378 e. The summed E-state index contributed by atoms with van der Waals surface area (Å²) in [4.78, 5) is 19.9. The predicted molar refractivity (Wildman–Crippen MR) is 69.1 cm³/mol. The molecular weight excluding hydrogens is 253 g/mol. The predicted octanol–water partition coefficient (Wildman–Crippen LogP) is 2.22. The van der Waals surface area contributed by atoms with Gasteiger partial charge in [0.2, 0.25) is 0 Å². The summed E-state index contributed by atoms with van der Waals surface area (Å²) in [6.45, 7) is 1.11. The third kappa shape index (κ3) is 5.45. The molecule has 1 rings (SSSR count). The Morgan fingerprint density at radius 3 is 2.61 bits per heavy atom. The first-order valence-corrected chi connectivity index (χ1v) is 7.49. The second kappa shape index (κ2) is 6.69. The SMILES string of the molecule is CC(=O)OP(=O)(O)CCCC(N)c1ccccc1. The summed E-state index contributed by atoms with van der Waals surface area (Å²) in [6, 6.07) is 9.34. The van der Waals surface area contributed by atoms with E-state index in [0.717, 1.165) is 12.5 Å². The Labute approximate surface area is 106 Å². The van der Waals surface area contributed by atoms with Crippen LogP contribution in [0.15, 0.2) is 30.3 Å². The molecular formula is C12H18NO4P. The monoisotopic (exact) mass is 271 g/mol. The zero-order chi connectivity index (χ0) is 13.6. The van der Waals surface area contributed by atoms with E-state index in [2.05, 4.69) is 4.52 Å². The van der Waals surface area contributed by atoms with Crippen LogP contribution in [0.3, 0.4) is 0 Å². The molecule has 1 aromatic rings. The molecule has 100 valence electrons. The molecule has 6 heteroatoms. The maximum atomic E-state index is 11.4. The normalized spacial score (nSPS) is 15.7. The van der Waals surface area contributed by atoms with E-state index in [4.69, 9.17) is 5.73 Å². The van der Waals surface area contributed by atoms with Gasteiger partial charge in [0.1, 0.15) is 0 Å². The number of rotatable bonds is 6. The molecule has 1 aromatic carbocycles. The second-order valence-electron chi connectivity index (χ2n) is 4.10. The summed E-state index contributed by atoms with van der Waals surface area (Å²) < 4.78 is 15.8. The zero-order valence-electron chi connectivity index (χ0n) is 10.3. The van der Waals surface area contributed by atoms with Crippen LogP contribution in [0.2, 0.25) is 0 Å². The fraction of sp³-hybridized carbons (Fsp3) is 0.417. The molecule has 0 spiro atoms. The lowest BCUT2D eigenvalue weighted by Gasteiger charge is -2.14. The van der Waals surface area contributed by atoms with Crippen molar-refractivity contribution in [3.63, 3.8) is 0 Å². The van der Waals surface area contributed by atoms with Gasteiger partial charge in [-0.05, 0) is 18.4 Å². The van der Waals surface area contributed by atoms with Crippen molar-refractivity contribution in [1.29, 1.82) is 0 Å². The molecule has 2 unspecified atom stereocenters. The van der Waals surface area contributed by atoms with Crippen molar-refractivity contribution in [3.05, 3.63) is 35.9 Å². The summed E-state index contributed by atoms with van der Waals surface area (Å²) in [7, 11) is -3.80. The molecule has 0 aliphatic heterocycles. The number of carbonyl (C=O) groups excluding carboxylic acids is 1. The average molecular weight is 271 g/mol. The van der Waals surface area contributed by atoms with E-state index in [0.29, 0.717) is 12.8 Å². The Bertz CT molecular complexity index is 435. The van der Waals surface area contributed by atoms with E-state index in [1.165, 1.54) is 0 Å². The van der Waals surface area contributed by atoms with Gasteiger partial charge in [0.15, 0.2) is 0 Å². The van der Waals surface area contributed by atoms with Crippen LogP contribution in [0, 0.1) is 0 Å². The highest BCUT2D eigenvalue weighted by Gasteiger charge is 2.22. The Balaban J connectivity index is 2.38. The van der Waals surface area contributed by atoms with Gasteiger partial charge in [0, 0.05) is 13.0 Å². The summed E-state index contributed by atoms with van der Waals surface area (Å²) in [5.41, 5.74) is 6.93. The van der Waals surface area contributed by atoms with E-state index >= 15 is 0 Å². The second-order valence-corrected chi connectivity index (χ2v) is 6.01. The lowest BCUT2D eigenvalue weighted by Crippen LogP contribution is -2.11. The van der Waals surface area contributed by atoms with E-state index in [1.54, 1.807) is 0 Å². The van der Waals surface area contributed by atoms with Crippen molar-refractivity contribution in [3.8, 4) is 0 Å². The number of hydrogen-bond acceptors (Lipinski definition) is 4. The largest absolute Gasteiger partial charge is 0.392 e. The number of carbonyl (C=O) groups is 1. The summed E-state index contributed by atoms with van der Waals surface area (Å²) in [5.74, 6) is -0.742. The molecule has 0 aliphatic carbocycles. The van der Waals surface area contributed by atoms with Crippen LogP contribution in [0.4, 0.5) is 0 Å². The number of nitrogens with two attached hydrogens (primary N) is 1. The van der Waals surface area contributed by atoms with Crippen LogP contribution >= 0.6 is 7.60 Å². The molecule has 0 amide bonds. The van der Waals surface area contributed by atoms with Crippen molar-refractivity contribution < 1.29 is 18.8 Å². The first-order chi connectivity index (χ1) is 8.41. The molecule has 0 saturated heterocycles. The van der Waals surface area contributed by atoms with Gasteiger partial charge in [-0.25, -0.2) is 4.57 Å². The minimum Gasteiger partial charge on any atom is -0.392 e. The molecule has 3 N–H and O–H groups in total. The van der Waals surface area contributed by atoms with Gasteiger partial charge in [-0.3, -0.25) is 4.79 Å². The smallest absolute Gasteiger partial charge is 0.378 e. The molecule has 2 atom stereocenters. The Kier molecular flexibility index (Phi) is 5.54. The Morgan fingerprint density at radius 1 is 1.44 bits per heavy atom. The molecule has 0 fully saturated rings. The van der Waals surface area contributed by atoms with E-state index in [-0.39, 0.29) is 12.2 Å². The molecule has 0 saturated carbocycles. The molecule has 0 aromatic heterocycles. The topological polar surface area (TPSA) is 89.6 Å². The quantitative estimate of drug-likeness (QED) is 0.774. The van der Waals surface area contributed by atoms with Crippen molar-refractivity contribution >= 4 is 13.6 Å². The van der Waals surface area contributed by atoms with Crippen LogP contribution < -0.4 is 5.73 Å². The molecule has 0 bridgehead atoms. The average Bonchev–Trinajstić information content (AvgIpc) is 2.28. The molecule has 0 radical (unpaired) electrons. The standard InChI is InChI=1S/C12H18NO4P/c1-10(14)17-18(15,16)9-5-8-12(13)11-6-3-2-4-7-11/h2-4,6-7,12H,5,8-9,13H2,1H3,(H,15,16). The third-order valence-corrected chi connectivity index (χ3v) is 3.88. The van der Waals surface area contributed by atoms with Crippen LogP contribution in [0.1, 0.15) is 31.4 Å². The van der Waals surface area contributed by atoms with Crippen molar-refractivity contribution in [1.82, 2.24) is 0 Å². The lowest BCUT2D eigenvalue weighted by molar-refractivity contribution is -0.132. The first kappa shape index (κ1) is 14.9. The Morgan fingerprint density at radius 2 is 2.06 bits per heavy atom. The Hall–Kier alpha value is -1.16. The highest BCUT2D eigenvalue weighted by atomic mass is 31.2. The minimum atomic E-state index is -3.80. The van der Waals surface area contributed by atoms with Crippen molar-refractivity contribution in [2.24, 2.45) is 5.73 Å². The first-order valence-electron chi connectivity index (χ1n) is 5.73. The van der Waals surface area contributed by atoms with Gasteiger partial charge in [-0.1, -0.05) is 30.3 Å². The van der Waals surface area contributed by atoms with Gasteiger partial charge in [-0.2, -0.15) is 0 Å². The van der Waals surface area contributed by atoms with Crippen LogP contribution in [0.5, 0.6) is 0 Å². The van der Waals surface area contributed by atoms with Gasteiger partial charge < -0.3 is 15.2 Å². The van der Waals surface area contributed by atoms with Crippen LogP contribution in [0.25, 0.3) is 0 Å². The van der Waals surface area contributed by atoms with E-state index < -0.39 is 13.6 Å². The van der Waals surface area contributed by atoms with Gasteiger partial charge in [-0.15, -0.1) is 0 Å². The zero-order valence-corrected chi connectivity index (χ0v) is 11.2. The number of hydrogen-bond donors (Lipinski definition) is 2. The lowest BCUT2D eigenvalue weighted by atomic mass is 10.0. The maximum absolute atomic E-state index is 11.4. The van der Waals surface area contributed by atoms with Crippen LogP contribution in [-0.2, 0) is 13.9 Å². The van der Waals surface area contributed by atoms with E-state index in [1.807, 2.05) is 30.3 Å². The van der Waals surface area contributed by atoms with Gasteiger partial charge >= 0.3 is 13.6 Å². The molecule has 5 nitrogen and oxygen atoms in total. The van der Waals surface area contributed by atoms with Crippen molar-refractivity contribution in [2.45, 2.75) is 25.8 Å². The highest BCUT2D eigenvalue weighted by Crippen LogP contribution is 2.43. The third-order valence-electron chi connectivity index (χ3n) is 2.45. The fourth-order valence-corrected chi connectivity index (χ4v) is 2.70. The minimum absolute atomic E-state index is 0.0624.